The van der Waals surface area contributed by atoms with E-state index in [-0.39, 0.29) is 6.54 Å². The van der Waals surface area contributed by atoms with Crippen molar-refractivity contribution in [3.8, 4) is 0 Å². The van der Waals surface area contributed by atoms with Gasteiger partial charge in [0.25, 0.3) is 0 Å². The maximum Gasteiger partial charge on any atom is 0.322 e. The molecule has 1 amide bonds. The highest BCUT2D eigenvalue weighted by atomic mass is 16.4. The van der Waals surface area contributed by atoms with Crippen molar-refractivity contribution in [2.75, 3.05) is 6.54 Å². The summed E-state index contributed by atoms with van der Waals surface area (Å²) in [5.41, 5.74) is 4.98. The van der Waals surface area contributed by atoms with Crippen LogP contribution >= 0.6 is 0 Å². The number of carboxylic acid groups (broad SMARTS) is 1. The first-order chi connectivity index (χ1) is 4.18. The van der Waals surface area contributed by atoms with Gasteiger partial charge in [-0.1, -0.05) is 0 Å². The second-order valence-electron chi connectivity index (χ2n) is 1.47. The number of amides is 1. The van der Waals surface area contributed by atoms with Gasteiger partial charge in [0.1, 0.15) is 6.04 Å². The largest absolute Gasteiger partial charge is 0.480 e. The predicted octanol–water partition coefficient (Wildman–Crippen LogP) is -1.86. The quantitative estimate of drug-likeness (QED) is 0.391. The van der Waals surface area contributed by atoms with Gasteiger partial charge in [-0.15, -0.1) is 0 Å². The van der Waals surface area contributed by atoms with Gasteiger partial charge in [-0.25, -0.2) is 0 Å². The second kappa shape index (κ2) is 3.85. The number of nitrogens with one attached hydrogen (secondary N) is 1. The molecule has 52 valence electrons. The predicted molar refractivity (Wildman–Crippen MR) is 29.7 cm³/mol. The fraction of sp³-hybridized carbons (Fsp3) is 0.500. The van der Waals surface area contributed by atoms with Crippen molar-refractivity contribution in [1.82, 2.24) is 5.32 Å². The Morgan fingerprint density at radius 1 is 1.89 bits per heavy atom. The molecule has 0 saturated carbocycles. The zero-order valence-electron chi connectivity index (χ0n) is 4.70. The molecule has 0 radical (unpaired) electrons. The number of aliphatic carboxylic acids is 1. The van der Waals surface area contributed by atoms with Crippen LogP contribution in [0.5, 0.6) is 0 Å². The van der Waals surface area contributed by atoms with Crippen molar-refractivity contribution in [1.29, 1.82) is 0 Å². The Balaban J connectivity index is 3.37. The Labute approximate surface area is 51.8 Å². The molecule has 0 aromatic carbocycles. The van der Waals surface area contributed by atoms with Crippen molar-refractivity contribution < 1.29 is 14.7 Å². The van der Waals surface area contributed by atoms with Crippen LogP contribution in [0, 0.1) is 0 Å². The molecule has 0 bridgehead atoms. The molecule has 5 nitrogen and oxygen atoms in total. The van der Waals surface area contributed by atoms with Gasteiger partial charge in [0.15, 0.2) is 0 Å². The van der Waals surface area contributed by atoms with E-state index < -0.39 is 12.0 Å². The number of carboxylic acids is 1. The summed E-state index contributed by atoms with van der Waals surface area (Å²) in [6, 6.07) is -1.00. The Kier molecular flexibility index (Phi) is 3.38. The lowest BCUT2D eigenvalue weighted by Crippen LogP contribution is -2.39. The minimum absolute atomic E-state index is 0.0289. The Morgan fingerprint density at radius 3 is 2.78 bits per heavy atom. The topological polar surface area (TPSA) is 92.4 Å². The zero-order chi connectivity index (χ0) is 7.28. The molecule has 0 saturated heterocycles. The van der Waals surface area contributed by atoms with Crippen molar-refractivity contribution >= 4 is 12.4 Å². The highest BCUT2D eigenvalue weighted by molar-refractivity contribution is 5.73. The third kappa shape index (κ3) is 3.48. The molecule has 0 rings (SSSR count). The first-order valence-corrected chi connectivity index (χ1v) is 2.34. The molecule has 0 aromatic heterocycles. The van der Waals surface area contributed by atoms with Crippen LogP contribution in [-0.4, -0.2) is 30.1 Å². The zero-order valence-corrected chi connectivity index (χ0v) is 4.70. The SMILES string of the molecule is N[C@H](CNC=O)C(=O)O. The molecule has 5 heteroatoms. The van der Waals surface area contributed by atoms with Crippen molar-refractivity contribution in [3.05, 3.63) is 0 Å². The van der Waals surface area contributed by atoms with Gasteiger partial charge in [0.05, 0.1) is 0 Å². The minimum Gasteiger partial charge on any atom is -0.480 e. The van der Waals surface area contributed by atoms with E-state index in [1.54, 1.807) is 0 Å². The Hall–Kier alpha value is -1.10. The summed E-state index contributed by atoms with van der Waals surface area (Å²) in [4.78, 5) is 19.5. The van der Waals surface area contributed by atoms with Gasteiger partial charge in [-0.05, 0) is 0 Å². The molecule has 0 aliphatic carbocycles. The van der Waals surface area contributed by atoms with E-state index >= 15 is 0 Å². The van der Waals surface area contributed by atoms with Crippen LogP contribution in [-0.2, 0) is 9.59 Å². The van der Waals surface area contributed by atoms with E-state index in [2.05, 4.69) is 5.32 Å². The van der Waals surface area contributed by atoms with E-state index in [1.807, 2.05) is 0 Å². The molecule has 0 unspecified atom stereocenters. The van der Waals surface area contributed by atoms with Crippen LogP contribution in [0.15, 0.2) is 0 Å². The van der Waals surface area contributed by atoms with Crippen molar-refractivity contribution in [2.45, 2.75) is 6.04 Å². The monoisotopic (exact) mass is 132 g/mol. The summed E-state index contributed by atoms with van der Waals surface area (Å²) in [5.74, 6) is -1.12. The third-order valence-electron chi connectivity index (χ3n) is 0.738. The number of rotatable bonds is 4. The molecular weight excluding hydrogens is 124 g/mol. The maximum absolute atomic E-state index is 9.92. The van der Waals surface area contributed by atoms with E-state index in [1.165, 1.54) is 0 Å². The van der Waals surface area contributed by atoms with Gasteiger partial charge in [-0.3, -0.25) is 9.59 Å². The average molecular weight is 132 g/mol. The van der Waals surface area contributed by atoms with Gasteiger partial charge < -0.3 is 16.2 Å². The number of hydrogen-bond donors (Lipinski definition) is 3. The van der Waals surface area contributed by atoms with Crippen LogP contribution in [0.4, 0.5) is 0 Å². The van der Waals surface area contributed by atoms with Gasteiger partial charge in [0, 0.05) is 6.54 Å². The fourth-order valence-corrected chi connectivity index (χ4v) is 0.262. The highest BCUT2D eigenvalue weighted by Gasteiger charge is 2.08. The lowest BCUT2D eigenvalue weighted by molar-refractivity contribution is -0.138. The standard InChI is InChI=1S/C4H8N2O3/c5-3(4(8)9)1-6-2-7/h2-3H,1,5H2,(H,6,7)(H,8,9)/t3-/m1/s1. The molecule has 0 aromatic rings. The molecule has 0 spiro atoms. The van der Waals surface area contributed by atoms with Gasteiger partial charge in [-0.2, -0.15) is 0 Å². The number of carbonyl (C=O) groups is 2. The van der Waals surface area contributed by atoms with E-state index in [0.717, 1.165) is 0 Å². The number of hydrogen-bond acceptors (Lipinski definition) is 3. The Bertz CT molecular complexity index is 114. The molecule has 0 fully saturated rings. The van der Waals surface area contributed by atoms with Crippen LogP contribution < -0.4 is 11.1 Å². The molecule has 0 heterocycles. The van der Waals surface area contributed by atoms with E-state index in [0.29, 0.717) is 6.41 Å². The Morgan fingerprint density at radius 2 is 2.44 bits per heavy atom. The molecule has 4 N–H and O–H groups in total. The van der Waals surface area contributed by atoms with Crippen molar-refractivity contribution in [2.24, 2.45) is 5.73 Å². The first kappa shape index (κ1) is 7.90. The summed E-state index contributed by atoms with van der Waals surface area (Å²) in [6.07, 6.45) is 0.406. The second-order valence-corrected chi connectivity index (χ2v) is 1.47. The van der Waals surface area contributed by atoms with E-state index in [9.17, 15) is 9.59 Å². The first-order valence-electron chi connectivity index (χ1n) is 2.34. The van der Waals surface area contributed by atoms with Crippen molar-refractivity contribution in [3.63, 3.8) is 0 Å². The summed E-state index contributed by atoms with van der Waals surface area (Å²) in [5, 5.41) is 10.3. The average Bonchev–Trinajstić information content (AvgIpc) is 1.82. The molecule has 9 heavy (non-hydrogen) atoms. The fourth-order valence-electron chi connectivity index (χ4n) is 0.262. The summed E-state index contributed by atoms with van der Waals surface area (Å²) >= 11 is 0. The normalized spacial score (nSPS) is 12.1. The molecule has 0 aliphatic heterocycles. The van der Waals surface area contributed by atoms with Crippen LogP contribution in [0.2, 0.25) is 0 Å². The van der Waals surface area contributed by atoms with Gasteiger partial charge >= 0.3 is 5.97 Å². The lowest BCUT2D eigenvalue weighted by Gasteiger charge is -2.02. The number of nitrogens with two attached hydrogens (primary N) is 1. The minimum atomic E-state index is -1.12. The lowest BCUT2D eigenvalue weighted by atomic mass is 10.3. The number of carbonyl (C=O) groups excluding carboxylic acids is 1. The van der Waals surface area contributed by atoms with E-state index in [4.69, 9.17) is 10.8 Å². The van der Waals surface area contributed by atoms with Crippen LogP contribution in [0.1, 0.15) is 0 Å². The molecule has 0 aliphatic rings. The summed E-state index contributed by atoms with van der Waals surface area (Å²) in [7, 11) is 0. The highest BCUT2D eigenvalue weighted by Crippen LogP contribution is 1.71. The summed E-state index contributed by atoms with van der Waals surface area (Å²) in [6.45, 7) is -0.0289. The smallest absolute Gasteiger partial charge is 0.322 e. The maximum atomic E-state index is 9.92. The van der Waals surface area contributed by atoms with Crippen LogP contribution in [0.25, 0.3) is 0 Å². The summed E-state index contributed by atoms with van der Waals surface area (Å²) < 4.78 is 0. The molecule has 1 atom stereocenters. The van der Waals surface area contributed by atoms with Gasteiger partial charge in [0.2, 0.25) is 6.41 Å². The van der Waals surface area contributed by atoms with Crippen LogP contribution in [0.3, 0.4) is 0 Å². The molecular formula is C4H8N2O3. The third-order valence-corrected chi connectivity index (χ3v) is 0.738.